The minimum absolute atomic E-state index is 0.547. The number of rotatable bonds is 6. The number of benzene rings is 2. The van der Waals surface area contributed by atoms with E-state index in [9.17, 15) is 0 Å². The van der Waals surface area contributed by atoms with Crippen LogP contribution < -0.4 is 5.32 Å². The van der Waals surface area contributed by atoms with Crippen molar-refractivity contribution in [3.8, 4) is 0 Å². The molecule has 4 heteroatoms. The quantitative estimate of drug-likeness (QED) is 0.746. The molecule has 2 aromatic carbocycles. The Balaban J connectivity index is 1.60. The van der Waals surface area contributed by atoms with Crippen LogP contribution in [0.4, 0.5) is 0 Å². The summed E-state index contributed by atoms with van der Waals surface area (Å²) < 4.78 is 0. The number of halogens is 1. The predicted octanol–water partition coefficient (Wildman–Crippen LogP) is 5.24. The number of nitrogens with zero attached hydrogens (tertiary/aromatic N) is 1. The second kappa shape index (κ2) is 8.13. The molecule has 1 aliphatic heterocycles. The molecule has 2 fully saturated rings. The van der Waals surface area contributed by atoms with Crippen molar-refractivity contribution in [1.82, 2.24) is 10.2 Å². The van der Waals surface area contributed by atoms with Gasteiger partial charge in [0.1, 0.15) is 0 Å². The van der Waals surface area contributed by atoms with Crippen LogP contribution in [0.5, 0.6) is 0 Å². The van der Waals surface area contributed by atoms with Crippen LogP contribution in [-0.2, 0) is 0 Å². The van der Waals surface area contributed by atoms with E-state index in [1.165, 1.54) is 34.6 Å². The number of hydrogen-bond donors (Lipinski definition) is 1. The summed E-state index contributed by atoms with van der Waals surface area (Å²) in [6.45, 7) is 4.51. The molecule has 4 rings (SSSR count). The lowest BCUT2D eigenvalue weighted by Crippen LogP contribution is -2.45. The topological polar surface area (TPSA) is 15.3 Å². The minimum Gasteiger partial charge on any atom is -0.314 e. The maximum Gasteiger partial charge on any atom is 0.0406 e. The summed E-state index contributed by atoms with van der Waals surface area (Å²) >= 11 is 7.90. The zero-order chi connectivity index (χ0) is 17.1. The van der Waals surface area contributed by atoms with Crippen LogP contribution in [0.1, 0.15) is 30.9 Å². The summed E-state index contributed by atoms with van der Waals surface area (Å²) in [6.07, 6.45) is 4.13. The summed E-state index contributed by atoms with van der Waals surface area (Å²) in [5.41, 5.74) is 1.50. The van der Waals surface area contributed by atoms with E-state index in [4.69, 9.17) is 11.6 Å². The Morgan fingerprint density at radius 3 is 2.48 bits per heavy atom. The van der Waals surface area contributed by atoms with Gasteiger partial charge in [0.25, 0.3) is 0 Å². The minimum atomic E-state index is 0.547. The normalized spacial score (nSPS) is 19.7. The molecule has 1 saturated heterocycles. The van der Waals surface area contributed by atoms with Crippen LogP contribution in [0.15, 0.2) is 58.3 Å². The molecule has 1 N–H and O–H groups in total. The van der Waals surface area contributed by atoms with E-state index in [2.05, 4.69) is 46.6 Å². The van der Waals surface area contributed by atoms with E-state index in [1.807, 2.05) is 23.9 Å². The third kappa shape index (κ3) is 4.59. The fourth-order valence-corrected chi connectivity index (χ4v) is 4.73. The molecule has 0 amide bonds. The highest BCUT2D eigenvalue weighted by Gasteiger charge is 2.31. The van der Waals surface area contributed by atoms with Gasteiger partial charge in [-0.1, -0.05) is 54.4 Å². The Bertz CT molecular complexity index is 693. The number of nitrogens with one attached hydrogen (secondary N) is 1. The molecule has 2 nitrogen and oxygen atoms in total. The van der Waals surface area contributed by atoms with Crippen LogP contribution in [0.2, 0.25) is 5.02 Å². The Labute approximate surface area is 159 Å². The highest BCUT2D eigenvalue weighted by molar-refractivity contribution is 7.99. The van der Waals surface area contributed by atoms with Gasteiger partial charge in [0.2, 0.25) is 0 Å². The first-order valence-electron chi connectivity index (χ1n) is 9.27. The zero-order valence-electron chi connectivity index (χ0n) is 14.5. The predicted molar refractivity (Wildman–Crippen MR) is 107 cm³/mol. The van der Waals surface area contributed by atoms with Gasteiger partial charge >= 0.3 is 0 Å². The lowest BCUT2D eigenvalue weighted by Gasteiger charge is -2.36. The van der Waals surface area contributed by atoms with E-state index < -0.39 is 0 Å². The monoisotopic (exact) mass is 372 g/mol. The Kier molecular flexibility index (Phi) is 5.66. The highest BCUT2D eigenvalue weighted by Crippen LogP contribution is 2.43. The van der Waals surface area contributed by atoms with Crippen LogP contribution in [0.25, 0.3) is 0 Å². The van der Waals surface area contributed by atoms with E-state index in [0.29, 0.717) is 6.04 Å². The van der Waals surface area contributed by atoms with E-state index in [-0.39, 0.29) is 0 Å². The Morgan fingerprint density at radius 2 is 1.76 bits per heavy atom. The maximum atomic E-state index is 6.04. The molecule has 2 aromatic rings. The second-order valence-electron chi connectivity index (χ2n) is 7.07. The molecule has 0 radical (unpaired) electrons. The summed E-state index contributed by atoms with van der Waals surface area (Å²) in [4.78, 5) is 5.33. The van der Waals surface area contributed by atoms with Crippen molar-refractivity contribution in [3.05, 3.63) is 59.1 Å². The van der Waals surface area contributed by atoms with Crippen LogP contribution in [0, 0.1) is 5.92 Å². The lowest BCUT2D eigenvalue weighted by molar-refractivity contribution is 0.158. The number of hydrogen-bond acceptors (Lipinski definition) is 3. The molecule has 1 saturated carbocycles. The second-order valence-corrected chi connectivity index (χ2v) is 8.63. The van der Waals surface area contributed by atoms with Gasteiger partial charge in [0, 0.05) is 47.0 Å². The van der Waals surface area contributed by atoms with Crippen LogP contribution >= 0.6 is 23.4 Å². The molecule has 1 heterocycles. The van der Waals surface area contributed by atoms with Gasteiger partial charge in [-0.05, 0) is 48.2 Å². The van der Waals surface area contributed by atoms with E-state index in [1.54, 1.807) is 0 Å². The largest absolute Gasteiger partial charge is 0.314 e. The molecule has 1 atom stereocenters. The molecule has 25 heavy (non-hydrogen) atoms. The maximum absolute atomic E-state index is 6.04. The molecular formula is C21H25ClN2S. The summed E-state index contributed by atoms with van der Waals surface area (Å²) in [7, 11) is 0. The van der Waals surface area contributed by atoms with Gasteiger partial charge in [-0.3, -0.25) is 4.90 Å². The average Bonchev–Trinajstić information content (AvgIpc) is 3.47. The summed E-state index contributed by atoms with van der Waals surface area (Å²) in [5.74, 6) is 0.925. The highest BCUT2D eigenvalue weighted by atomic mass is 35.5. The van der Waals surface area contributed by atoms with Gasteiger partial charge in [-0.2, -0.15) is 0 Å². The van der Waals surface area contributed by atoms with Crippen molar-refractivity contribution in [3.63, 3.8) is 0 Å². The zero-order valence-corrected chi connectivity index (χ0v) is 16.0. The van der Waals surface area contributed by atoms with Crippen molar-refractivity contribution in [2.24, 2.45) is 5.92 Å². The fourth-order valence-electron chi connectivity index (χ4n) is 3.61. The summed E-state index contributed by atoms with van der Waals surface area (Å²) in [6, 6.07) is 17.7. The van der Waals surface area contributed by atoms with Crippen molar-refractivity contribution < 1.29 is 0 Å². The van der Waals surface area contributed by atoms with Crippen molar-refractivity contribution >= 4 is 23.4 Å². The first kappa shape index (κ1) is 17.4. The fraction of sp³-hybridized carbons (Fsp3) is 0.429. The molecule has 0 bridgehead atoms. The lowest BCUT2D eigenvalue weighted by atomic mass is 9.98. The molecule has 0 unspecified atom stereocenters. The van der Waals surface area contributed by atoms with Crippen LogP contribution in [0.3, 0.4) is 0 Å². The molecular weight excluding hydrogens is 348 g/mol. The Hall–Kier alpha value is -1.00. The Morgan fingerprint density at radius 1 is 1.04 bits per heavy atom. The van der Waals surface area contributed by atoms with Gasteiger partial charge in [-0.15, -0.1) is 0 Å². The van der Waals surface area contributed by atoms with E-state index >= 15 is 0 Å². The SMILES string of the molecule is Clc1ccc(Sc2ccccc2[C@H](CC2CC2)N2CCNCC2)cc1. The third-order valence-corrected chi connectivity index (χ3v) is 6.52. The summed E-state index contributed by atoms with van der Waals surface area (Å²) in [5, 5.41) is 4.29. The van der Waals surface area contributed by atoms with E-state index in [0.717, 1.165) is 37.1 Å². The number of piperazine rings is 1. The van der Waals surface area contributed by atoms with Crippen molar-refractivity contribution in [2.45, 2.75) is 35.1 Å². The smallest absolute Gasteiger partial charge is 0.0406 e. The molecule has 132 valence electrons. The van der Waals surface area contributed by atoms with Crippen molar-refractivity contribution in [1.29, 1.82) is 0 Å². The standard InChI is InChI=1S/C21H25ClN2S/c22-17-7-9-18(10-8-17)25-21-4-2-1-3-19(21)20(15-16-5-6-16)24-13-11-23-12-14-24/h1-4,7-10,16,20,23H,5-6,11-15H2/t20-/m0/s1. The van der Waals surface area contributed by atoms with Crippen molar-refractivity contribution in [2.75, 3.05) is 26.2 Å². The first-order valence-corrected chi connectivity index (χ1v) is 10.5. The molecule has 0 aromatic heterocycles. The van der Waals surface area contributed by atoms with Gasteiger partial charge in [0.05, 0.1) is 0 Å². The van der Waals surface area contributed by atoms with Gasteiger partial charge in [-0.25, -0.2) is 0 Å². The molecule has 0 spiro atoms. The average molecular weight is 373 g/mol. The van der Waals surface area contributed by atoms with Gasteiger partial charge in [0.15, 0.2) is 0 Å². The molecule has 2 aliphatic rings. The van der Waals surface area contributed by atoms with Gasteiger partial charge < -0.3 is 5.32 Å². The van der Waals surface area contributed by atoms with Crippen LogP contribution in [-0.4, -0.2) is 31.1 Å². The first-order chi connectivity index (χ1) is 12.3. The molecule has 1 aliphatic carbocycles. The third-order valence-electron chi connectivity index (χ3n) is 5.17.